The molecular weight excluding hydrogens is 154 g/mol. The molecule has 0 saturated carbocycles. The highest BCUT2D eigenvalue weighted by Gasteiger charge is 2.06. The average Bonchev–Trinajstić information content (AvgIpc) is 1.97. The zero-order valence-electron chi connectivity index (χ0n) is 7.17. The third-order valence-corrected chi connectivity index (χ3v) is 1.35. The first kappa shape index (κ1) is 9.11. The van der Waals surface area contributed by atoms with Crippen molar-refractivity contribution in [3.05, 3.63) is 24.0 Å². The van der Waals surface area contributed by atoms with Crippen molar-refractivity contribution in [1.82, 2.24) is 0 Å². The second-order valence-electron chi connectivity index (χ2n) is 2.82. The molecule has 1 rings (SSSR count). The highest BCUT2D eigenvalue weighted by molar-refractivity contribution is 6.34. The van der Waals surface area contributed by atoms with Crippen LogP contribution in [-0.4, -0.2) is 14.0 Å². The van der Waals surface area contributed by atoms with Crippen molar-refractivity contribution in [2.24, 2.45) is 0 Å². The van der Waals surface area contributed by atoms with E-state index in [1.807, 2.05) is 13.8 Å². The van der Waals surface area contributed by atoms with Crippen LogP contribution in [0.15, 0.2) is 18.2 Å². The largest absolute Gasteiger partial charge is 0.489 e. The molecule has 0 saturated heterocycles. The number of para-hydroxylation sites is 1. The van der Waals surface area contributed by atoms with E-state index in [0.717, 1.165) is 0 Å². The van der Waals surface area contributed by atoms with E-state index in [0.29, 0.717) is 5.46 Å². The van der Waals surface area contributed by atoms with Crippen molar-refractivity contribution in [1.29, 1.82) is 0 Å². The van der Waals surface area contributed by atoms with Crippen LogP contribution in [0.1, 0.15) is 13.8 Å². The Kier molecular flexibility index (Phi) is 2.74. The van der Waals surface area contributed by atoms with Gasteiger partial charge < -0.3 is 4.74 Å². The average molecular weight is 164 g/mol. The fourth-order valence-corrected chi connectivity index (χ4v) is 0.886. The van der Waals surface area contributed by atoms with Crippen molar-refractivity contribution in [3.63, 3.8) is 0 Å². The van der Waals surface area contributed by atoms with Crippen molar-refractivity contribution < 1.29 is 9.13 Å². The summed E-state index contributed by atoms with van der Waals surface area (Å²) in [6, 6.07) is 4.49. The Morgan fingerprint density at radius 3 is 2.58 bits per heavy atom. The third kappa shape index (κ3) is 2.00. The molecule has 62 valence electrons. The quantitative estimate of drug-likeness (QED) is 0.600. The van der Waals surface area contributed by atoms with E-state index in [2.05, 4.69) is 0 Å². The first-order valence-corrected chi connectivity index (χ1v) is 3.82. The maximum absolute atomic E-state index is 13.0. The van der Waals surface area contributed by atoms with Crippen LogP contribution in [0.3, 0.4) is 0 Å². The van der Waals surface area contributed by atoms with Crippen LogP contribution >= 0.6 is 0 Å². The van der Waals surface area contributed by atoms with Crippen molar-refractivity contribution in [2.75, 3.05) is 0 Å². The molecule has 1 aromatic carbocycles. The van der Waals surface area contributed by atoms with Crippen LogP contribution < -0.4 is 10.2 Å². The van der Waals surface area contributed by atoms with Crippen molar-refractivity contribution in [3.8, 4) is 5.75 Å². The lowest BCUT2D eigenvalue weighted by molar-refractivity contribution is 0.233. The Morgan fingerprint density at radius 2 is 2.08 bits per heavy atom. The predicted molar refractivity (Wildman–Crippen MR) is 47.6 cm³/mol. The lowest BCUT2D eigenvalue weighted by Crippen LogP contribution is -2.15. The molecule has 0 aliphatic heterocycles. The molecule has 0 spiro atoms. The minimum atomic E-state index is -0.413. The molecule has 0 bridgehead atoms. The van der Waals surface area contributed by atoms with E-state index in [1.165, 1.54) is 6.07 Å². The summed E-state index contributed by atoms with van der Waals surface area (Å²) in [6.07, 6.45) is -0.0656. The number of benzene rings is 1. The topological polar surface area (TPSA) is 9.23 Å². The second-order valence-corrected chi connectivity index (χ2v) is 2.82. The molecule has 12 heavy (non-hydrogen) atoms. The number of halogens is 1. The van der Waals surface area contributed by atoms with Gasteiger partial charge in [0.15, 0.2) is 5.82 Å². The summed E-state index contributed by atoms with van der Waals surface area (Å²) in [4.78, 5) is 0. The molecule has 2 radical (unpaired) electrons. The minimum absolute atomic E-state index is 0.0656. The Hall–Kier alpha value is -0.985. The van der Waals surface area contributed by atoms with Crippen LogP contribution in [0, 0.1) is 5.82 Å². The molecule has 0 atom stereocenters. The fraction of sp³-hybridized carbons (Fsp3) is 0.333. The molecule has 0 N–H and O–H groups in total. The van der Waals surface area contributed by atoms with Crippen LogP contribution in [-0.2, 0) is 0 Å². The smallest absolute Gasteiger partial charge is 0.164 e. The number of hydrogen-bond donors (Lipinski definition) is 0. The molecule has 1 aromatic rings. The summed E-state index contributed by atoms with van der Waals surface area (Å²) in [5.41, 5.74) is 0.337. The molecule has 1 nitrogen and oxygen atoms in total. The number of ether oxygens (including phenoxy) is 1. The Balaban J connectivity index is 2.96. The van der Waals surface area contributed by atoms with Gasteiger partial charge in [-0.1, -0.05) is 17.6 Å². The van der Waals surface area contributed by atoms with Crippen LogP contribution in [0.2, 0.25) is 0 Å². The van der Waals surface area contributed by atoms with Gasteiger partial charge in [0.25, 0.3) is 0 Å². The van der Waals surface area contributed by atoms with E-state index in [-0.39, 0.29) is 11.9 Å². The Morgan fingerprint density at radius 1 is 1.42 bits per heavy atom. The molecule has 0 aliphatic rings. The summed E-state index contributed by atoms with van der Waals surface area (Å²) in [7, 11) is 5.50. The first-order chi connectivity index (χ1) is 5.61. The maximum atomic E-state index is 13.0. The Labute approximate surface area is 73.0 Å². The summed E-state index contributed by atoms with van der Waals surface area (Å²) in [6.45, 7) is 3.65. The molecule has 0 unspecified atom stereocenters. The van der Waals surface area contributed by atoms with Gasteiger partial charge in [0.1, 0.15) is 13.6 Å². The van der Waals surface area contributed by atoms with Crippen LogP contribution in [0.4, 0.5) is 4.39 Å². The molecule has 0 fully saturated rings. The highest BCUT2D eigenvalue weighted by atomic mass is 19.1. The molecule has 3 heteroatoms. The fourth-order valence-electron chi connectivity index (χ4n) is 0.886. The van der Waals surface area contributed by atoms with E-state index in [9.17, 15) is 4.39 Å². The van der Waals surface area contributed by atoms with Gasteiger partial charge in [-0.2, -0.15) is 0 Å². The molecule has 0 amide bonds. The number of rotatable bonds is 2. The van der Waals surface area contributed by atoms with E-state index < -0.39 is 5.82 Å². The zero-order chi connectivity index (χ0) is 9.14. The minimum Gasteiger partial charge on any atom is -0.489 e. The molecule has 0 aliphatic carbocycles. The summed E-state index contributed by atoms with van der Waals surface area (Å²) in [5.74, 6) is -0.267. The van der Waals surface area contributed by atoms with E-state index in [4.69, 9.17) is 12.6 Å². The van der Waals surface area contributed by atoms with Gasteiger partial charge in [-0.15, -0.1) is 0 Å². The normalized spacial score (nSPS) is 10.3. The molecule has 0 aromatic heterocycles. The molecule has 0 heterocycles. The maximum Gasteiger partial charge on any atom is 0.164 e. The van der Waals surface area contributed by atoms with Gasteiger partial charge in [0, 0.05) is 0 Å². The third-order valence-electron chi connectivity index (χ3n) is 1.35. The lowest BCUT2D eigenvalue weighted by atomic mass is 9.95. The summed E-state index contributed by atoms with van der Waals surface area (Å²) >= 11 is 0. The van der Waals surface area contributed by atoms with Gasteiger partial charge in [-0.3, -0.25) is 0 Å². The van der Waals surface area contributed by atoms with Crippen molar-refractivity contribution in [2.45, 2.75) is 20.0 Å². The van der Waals surface area contributed by atoms with E-state index >= 15 is 0 Å². The van der Waals surface area contributed by atoms with Crippen LogP contribution in [0.25, 0.3) is 0 Å². The first-order valence-electron chi connectivity index (χ1n) is 3.82. The summed E-state index contributed by atoms with van der Waals surface area (Å²) in [5, 5.41) is 0. The lowest BCUT2D eigenvalue weighted by Gasteiger charge is -2.12. The van der Waals surface area contributed by atoms with Crippen molar-refractivity contribution >= 4 is 13.3 Å². The van der Waals surface area contributed by atoms with Gasteiger partial charge in [-0.25, -0.2) is 4.39 Å². The zero-order valence-corrected chi connectivity index (χ0v) is 7.17. The Bertz CT molecular complexity index is 253. The highest BCUT2D eigenvalue weighted by Crippen LogP contribution is 2.13. The van der Waals surface area contributed by atoms with E-state index in [1.54, 1.807) is 12.1 Å². The second kappa shape index (κ2) is 3.61. The van der Waals surface area contributed by atoms with Gasteiger partial charge >= 0.3 is 0 Å². The van der Waals surface area contributed by atoms with Gasteiger partial charge in [0.05, 0.1) is 6.10 Å². The molecular formula is C9H10BFO. The predicted octanol–water partition coefficient (Wildman–Crippen LogP) is 1.41. The van der Waals surface area contributed by atoms with Crippen LogP contribution in [0.5, 0.6) is 5.75 Å². The van der Waals surface area contributed by atoms with Gasteiger partial charge in [-0.05, 0) is 19.9 Å². The summed E-state index contributed by atoms with van der Waals surface area (Å²) < 4.78 is 18.2. The number of hydrogen-bond acceptors (Lipinski definition) is 1. The standard InChI is InChI=1S/C9H10BFO/c1-6(2)12-9-7(10)4-3-5-8(9)11/h3-6H,1-2H3. The monoisotopic (exact) mass is 164 g/mol. The van der Waals surface area contributed by atoms with Gasteiger partial charge in [0.2, 0.25) is 0 Å². The SMILES string of the molecule is [B]c1cccc(F)c1OC(C)C.